The molecule has 0 saturated heterocycles. The van der Waals surface area contributed by atoms with Crippen molar-refractivity contribution in [2.45, 2.75) is 26.4 Å². The van der Waals surface area contributed by atoms with E-state index < -0.39 is 23.7 Å². The molecule has 4 aromatic rings. The minimum absolute atomic E-state index is 0.0755. The fourth-order valence-corrected chi connectivity index (χ4v) is 4.43. The molecule has 0 spiro atoms. The Bertz CT molecular complexity index is 1420. The van der Waals surface area contributed by atoms with Gasteiger partial charge in [0.15, 0.2) is 17.7 Å². The van der Waals surface area contributed by atoms with Crippen molar-refractivity contribution in [1.82, 2.24) is 20.8 Å². The summed E-state index contributed by atoms with van der Waals surface area (Å²) >= 11 is 1.06. The summed E-state index contributed by atoms with van der Waals surface area (Å²) in [5, 5.41) is 0.328. The highest BCUT2D eigenvalue weighted by Gasteiger charge is 2.22. The van der Waals surface area contributed by atoms with E-state index in [0.29, 0.717) is 28.0 Å². The highest BCUT2D eigenvalue weighted by Crippen LogP contribution is 2.27. The zero-order valence-electron chi connectivity index (χ0n) is 18.3. The summed E-state index contributed by atoms with van der Waals surface area (Å²) in [5.41, 5.74) is 5.70. The molecule has 2 heterocycles. The molecular weight excluding hydrogens is 459 g/mol. The van der Waals surface area contributed by atoms with Gasteiger partial charge in [-0.3, -0.25) is 25.2 Å². The van der Waals surface area contributed by atoms with Crippen molar-refractivity contribution in [2.24, 2.45) is 0 Å². The number of rotatable bonds is 6. The van der Waals surface area contributed by atoms with Crippen molar-refractivity contribution in [3.05, 3.63) is 92.6 Å². The number of aromatic amines is 1. The van der Waals surface area contributed by atoms with Gasteiger partial charge in [0.05, 0.1) is 10.3 Å². The van der Waals surface area contributed by atoms with Crippen molar-refractivity contribution in [3.8, 4) is 5.75 Å². The van der Waals surface area contributed by atoms with Gasteiger partial charge < -0.3 is 9.72 Å². The minimum Gasteiger partial charge on any atom is -0.478 e. The number of hydrogen-bond acceptors (Lipinski definition) is 6. The molecule has 1 atom stereocenters. The number of benzene rings is 2. The second kappa shape index (κ2) is 9.84. The molecule has 174 valence electrons. The number of nitrogens with one attached hydrogen (secondary N) is 3. The van der Waals surface area contributed by atoms with Crippen LogP contribution in [-0.2, 0) is 11.2 Å². The molecule has 1 unspecified atom stereocenters. The van der Waals surface area contributed by atoms with E-state index in [-0.39, 0.29) is 16.2 Å². The van der Waals surface area contributed by atoms with Crippen molar-refractivity contribution in [3.63, 3.8) is 0 Å². The van der Waals surface area contributed by atoms with Crippen molar-refractivity contribution >= 4 is 33.4 Å². The average Bonchev–Trinajstić information content (AvgIpc) is 3.16. The Balaban J connectivity index is 1.46. The molecule has 4 rings (SSSR count). The van der Waals surface area contributed by atoms with Crippen LogP contribution in [0.15, 0.2) is 59.4 Å². The number of amides is 2. The topological polar surface area (TPSA) is 113 Å². The zero-order chi connectivity index (χ0) is 24.2. The number of fused-ring (bicyclic) bond motifs is 1. The molecule has 34 heavy (non-hydrogen) atoms. The van der Waals surface area contributed by atoms with E-state index in [1.165, 1.54) is 25.1 Å². The lowest BCUT2D eigenvalue weighted by atomic mass is 10.1. The fraction of sp³-hybridized carbons (Fsp3) is 0.167. The molecule has 0 aliphatic carbocycles. The Morgan fingerprint density at radius 2 is 1.82 bits per heavy atom. The lowest BCUT2D eigenvalue weighted by Crippen LogP contribution is -2.47. The van der Waals surface area contributed by atoms with Crippen LogP contribution in [-0.4, -0.2) is 27.9 Å². The maximum atomic E-state index is 13.7. The lowest BCUT2D eigenvalue weighted by molar-refractivity contribution is -0.128. The smallest absolute Gasteiger partial charge is 0.280 e. The first-order chi connectivity index (χ1) is 16.3. The second-order valence-electron chi connectivity index (χ2n) is 7.55. The second-order valence-corrected chi connectivity index (χ2v) is 8.54. The van der Waals surface area contributed by atoms with E-state index >= 15 is 0 Å². The predicted octanol–water partition coefficient (Wildman–Crippen LogP) is 3.25. The molecule has 0 bridgehead atoms. The van der Waals surface area contributed by atoms with Crippen LogP contribution in [0.3, 0.4) is 0 Å². The molecule has 3 N–H and O–H groups in total. The van der Waals surface area contributed by atoms with Gasteiger partial charge in [-0.05, 0) is 37.1 Å². The average molecular weight is 481 g/mol. The van der Waals surface area contributed by atoms with Crippen LogP contribution in [0, 0.1) is 12.7 Å². The molecule has 10 heteroatoms. The van der Waals surface area contributed by atoms with Gasteiger partial charge in [-0.15, -0.1) is 11.3 Å². The summed E-state index contributed by atoms with van der Waals surface area (Å²) in [7, 11) is 0. The summed E-state index contributed by atoms with van der Waals surface area (Å²) in [5.74, 6) is -1.46. The number of aromatic nitrogens is 2. The first-order valence-electron chi connectivity index (χ1n) is 10.4. The maximum absolute atomic E-state index is 13.7. The molecule has 8 nitrogen and oxygen atoms in total. The third-order valence-corrected chi connectivity index (χ3v) is 6.26. The molecule has 0 aliphatic rings. The van der Waals surface area contributed by atoms with Crippen molar-refractivity contribution in [2.75, 3.05) is 0 Å². The number of hydrazine groups is 1. The normalized spacial score (nSPS) is 11.7. The molecule has 0 fully saturated rings. The number of hydrogen-bond donors (Lipinski definition) is 3. The van der Waals surface area contributed by atoms with Crippen LogP contribution < -0.4 is 21.1 Å². The zero-order valence-corrected chi connectivity index (χ0v) is 19.2. The standard InChI is InChI=1S/C24H21FN4O4S/c1-13-19-22(31)26-18(12-15-8-4-3-5-9-15)27-24(19)34-20(13)23(32)29-28-21(30)14(2)33-17-11-7-6-10-16(17)25/h3-11,14H,12H2,1-2H3,(H,28,30)(H,29,32)(H,26,27,31). The molecule has 2 aromatic heterocycles. The predicted molar refractivity (Wildman–Crippen MR) is 126 cm³/mol. The Kier molecular flexibility index (Phi) is 6.69. The van der Waals surface area contributed by atoms with Gasteiger partial charge >= 0.3 is 0 Å². The van der Waals surface area contributed by atoms with Gasteiger partial charge in [0.2, 0.25) is 0 Å². The van der Waals surface area contributed by atoms with E-state index in [1.807, 2.05) is 30.3 Å². The third-order valence-electron chi connectivity index (χ3n) is 5.08. The van der Waals surface area contributed by atoms with Crippen molar-refractivity contribution < 1.29 is 18.7 Å². The van der Waals surface area contributed by atoms with E-state index in [4.69, 9.17) is 4.74 Å². The van der Waals surface area contributed by atoms with Crippen LogP contribution in [0.2, 0.25) is 0 Å². The van der Waals surface area contributed by atoms with Crippen LogP contribution in [0.5, 0.6) is 5.75 Å². The van der Waals surface area contributed by atoms with Gasteiger partial charge in [-0.1, -0.05) is 42.5 Å². The number of nitrogens with zero attached hydrogens (tertiary/aromatic N) is 1. The van der Waals surface area contributed by atoms with Crippen LogP contribution in [0.25, 0.3) is 10.2 Å². The molecule has 0 saturated carbocycles. The first-order valence-corrected chi connectivity index (χ1v) is 11.2. The summed E-state index contributed by atoms with van der Waals surface area (Å²) in [6.07, 6.45) is -0.619. The maximum Gasteiger partial charge on any atom is 0.280 e. The highest BCUT2D eigenvalue weighted by molar-refractivity contribution is 7.20. The number of halogens is 1. The van der Waals surface area contributed by atoms with Gasteiger partial charge in [-0.25, -0.2) is 9.37 Å². The highest BCUT2D eigenvalue weighted by atomic mass is 32.1. The van der Waals surface area contributed by atoms with E-state index in [1.54, 1.807) is 13.0 Å². The van der Waals surface area contributed by atoms with Gasteiger partial charge in [-0.2, -0.15) is 0 Å². The summed E-state index contributed by atoms with van der Waals surface area (Å²) in [6, 6.07) is 15.3. The SMILES string of the molecule is Cc1c(C(=O)NNC(=O)C(C)Oc2ccccc2F)sc2nc(Cc3ccccc3)[nH]c(=O)c12. The van der Waals surface area contributed by atoms with Crippen LogP contribution >= 0.6 is 11.3 Å². The Labute approximate surface area is 197 Å². The molecular formula is C24H21FN4O4S. The van der Waals surface area contributed by atoms with E-state index in [9.17, 15) is 18.8 Å². The van der Waals surface area contributed by atoms with Crippen LogP contribution in [0.4, 0.5) is 4.39 Å². The first kappa shape index (κ1) is 23.1. The summed E-state index contributed by atoms with van der Waals surface area (Å²) in [4.78, 5) is 45.6. The monoisotopic (exact) mass is 480 g/mol. The number of carbonyl (C=O) groups excluding carboxylic acids is 2. The molecule has 0 radical (unpaired) electrons. The van der Waals surface area contributed by atoms with E-state index in [0.717, 1.165) is 16.9 Å². The summed E-state index contributed by atoms with van der Waals surface area (Å²) < 4.78 is 19.0. The van der Waals surface area contributed by atoms with Crippen LogP contribution in [0.1, 0.15) is 33.5 Å². The van der Waals surface area contributed by atoms with Gasteiger partial charge in [0.25, 0.3) is 17.4 Å². The fourth-order valence-electron chi connectivity index (χ4n) is 3.34. The Morgan fingerprint density at radius 1 is 1.12 bits per heavy atom. The Hall–Kier alpha value is -4.05. The lowest BCUT2D eigenvalue weighted by Gasteiger charge is -2.15. The Morgan fingerprint density at radius 3 is 2.56 bits per heavy atom. The number of H-pyrrole nitrogens is 1. The number of thiophene rings is 1. The molecule has 0 aliphatic heterocycles. The number of ether oxygens (including phenoxy) is 1. The largest absolute Gasteiger partial charge is 0.478 e. The van der Waals surface area contributed by atoms with Crippen molar-refractivity contribution in [1.29, 1.82) is 0 Å². The quantitative estimate of drug-likeness (QED) is 0.367. The number of para-hydroxylation sites is 1. The molecule has 2 aromatic carbocycles. The van der Waals surface area contributed by atoms with Gasteiger partial charge in [0.1, 0.15) is 10.7 Å². The third kappa shape index (κ3) is 4.96. The number of carbonyl (C=O) groups is 2. The van der Waals surface area contributed by atoms with Gasteiger partial charge in [0, 0.05) is 6.42 Å². The minimum atomic E-state index is -1.06. The molecule has 2 amide bonds. The summed E-state index contributed by atoms with van der Waals surface area (Å²) in [6.45, 7) is 3.07. The van der Waals surface area contributed by atoms with E-state index in [2.05, 4.69) is 20.8 Å². The number of aryl methyl sites for hydroxylation is 1.